The summed E-state index contributed by atoms with van der Waals surface area (Å²) in [6.45, 7) is 2.52. The molecule has 0 radical (unpaired) electrons. The lowest BCUT2D eigenvalue weighted by Crippen LogP contribution is -2.54. The third kappa shape index (κ3) is 4.40. The maximum absolute atomic E-state index is 13.2. The van der Waals surface area contributed by atoms with Crippen molar-refractivity contribution >= 4 is 27.3 Å². The number of ether oxygens (including phenoxy) is 1. The summed E-state index contributed by atoms with van der Waals surface area (Å²) in [6, 6.07) is 12.9. The minimum Gasteiger partial charge on any atom is -0.457 e. The van der Waals surface area contributed by atoms with Crippen molar-refractivity contribution in [2.45, 2.75) is 29.9 Å². The van der Waals surface area contributed by atoms with Crippen LogP contribution in [0.4, 0.5) is 0 Å². The van der Waals surface area contributed by atoms with E-state index in [4.69, 9.17) is 16.3 Å². The van der Waals surface area contributed by atoms with Gasteiger partial charge in [0.15, 0.2) is 9.84 Å². The Balaban J connectivity index is 1.84. The van der Waals surface area contributed by atoms with Crippen LogP contribution in [0.3, 0.4) is 0 Å². The summed E-state index contributed by atoms with van der Waals surface area (Å²) >= 11 is 5.85. The molecule has 1 unspecified atom stereocenters. The number of nitrogens with one attached hydrogen (secondary N) is 2. The lowest BCUT2D eigenvalue weighted by Gasteiger charge is -2.39. The Morgan fingerprint density at radius 1 is 1.10 bits per heavy atom. The van der Waals surface area contributed by atoms with Crippen LogP contribution >= 0.6 is 11.6 Å². The van der Waals surface area contributed by atoms with E-state index >= 15 is 0 Å². The number of sulfone groups is 1. The van der Waals surface area contributed by atoms with Crippen LogP contribution < -0.4 is 15.5 Å². The van der Waals surface area contributed by atoms with Gasteiger partial charge >= 0.3 is 0 Å². The van der Waals surface area contributed by atoms with Crippen molar-refractivity contribution in [1.82, 2.24) is 10.8 Å². The number of amides is 1. The quantitative estimate of drug-likeness (QED) is 0.472. The van der Waals surface area contributed by atoms with E-state index in [1.54, 1.807) is 41.9 Å². The maximum Gasteiger partial charge on any atom is 0.250 e. The molecule has 7 nitrogen and oxygen atoms in total. The summed E-state index contributed by atoms with van der Waals surface area (Å²) in [7, 11) is -3.82. The number of carbonyl (C=O) groups excluding carboxylic acids is 1. The maximum atomic E-state index is 13.2. The molecule has 0 bridgehead atoms. The SMILES string of the molecule is CC(C1(C(=O)NO)CCNCC1)S(=O)(=O)c1ccc(Oc2ccc(Cl)cc2)cc1. The van der Waals surface area contributed by atoms with Crippen LogP contribution in [0.2, 0.25) is 5.02 Å². The molecule has 1 aliphatic heterocycles. The lowest BCUT2D eigenvalue weighted by molar-refractivity contribution is -0.141. The number of benzene rings is 2. The Bertz CT molecular complexity index is 955. The van der Waals surface area contributed by atoms with Crippen molar-refractivity contribution in [3.8, 4) is 11.5 Å². The van der Waals surface area contributed by atoms with Crippen LogP contribution in [0.15, 0.2) is 53.4 Å². The zero-order chi connectivity index (χ0) is 21.1. The summed E-state index contributed by atoms with van der Waals surface area (Å²) in [4.78, 5) is 12.5. The van der Waals surface area contributed by atoms with Crippen molar-refractivity contribution < 1.29 is 23.2 Å². The van der Waals surface area contributed by atoms with E-state index < -0.39 is 26.4 Å². The highest BCUT2D eigenvalue weighted by Crippen LogP contribution is 2.39. The van der Waals surface area contributed by atoms with Gasteiger partial charge in [-0.1, -0.05) is 11.6 Å². The minimum absolute atomic E-state index is 0.0945. The van der Waals surface area contributed by atoms with Crippen LogP contribution in [0.25, 0.3) is 0 Å². The fraction of sp³-hybridized carbons (Fsp3) is 0.350. The molecular weight excluding hydrogens is 416 g/mol. The first-order valence-electron chi connectivity index (χ1n) is 9.22. The van der Waals surface area contributed by atoms with Gasteiger partial charge in [0.2, 0.25) is 0 Å². The Morgan fingerprint density at radius 2 is 1.62 bits per heavy atom. The van der Waals surface area contributed by atoms with E-state index in [1.807, 2.05) is 0 Å². The molecule has 156 valence electrons. The lowest BCUT2D eigenvalue weighted by atomic mass is 9.75. The molecule has 29 heavy (non-hydrogen) atoms. The molecule has 1 saturated heterocycles. The van der Waals surface area contributed by atoms with Crippen LogP contribution in [0.1, 0.15) is 19.8 Å². The number of hydrogen-bond donors (Lipinski definition) is 3. The van der Waals surface area contributed by atoms with Gasteiger partial charge in [0.1, 0.15) is 11.5 Å². The van der Waals surface area contributed by atoms with Gasteiger partial charge < -0.3 is 10.1 Å². The van der Waals surface area contributed by atoms with Gasteiger partial charge in [-0.25, -0.2) is 13.9 Å². The van der Waals surface area contributed by atoms with Crippen molar-refractivity contribution in [3.05, 3.63) is 53.6 Å². The van der Waals surface area contributed by atoms with Gasteiger partial charge in [-0.05, 0) is 81.4 Å². The smallest absolute Gasteiger partial charge is 0.250 e. The van der Waals surface area contributed by atoms with Crippen molar-refractivity contribution in [1.29, 1.82) is 0 Å². The molecule has 1 heterocycles. The average Bonchev–Trinajstić information content (AvgIpc) is 2.75. The number of hydrogen-bond acceptors (Lipinski definition) is 6. The van der Waals surface area contributed by atoms with Gasteiger partial charge in [-0.2, -0.15) is 0 Å². The Morgan fingerprint density at radius 3 is 2.14 bits per heavy atom. The third-order valence-corrected chi connectivity index (χ3v) is 8.06. The highest BCUT2D eigenvalue weighted by atomic mass is 35.5. The highest BCUT2D eigenvalue weighted by molar-refractivity contribution is 7.92. The fourth-order valence-corrected chi connectivity index (χ4v) is 5.63. The predicted octanol–water partition coefficient (Wildman–Crippen LogP) is 3.17. The first-order chi connectivity index (χ1) is 13.8. The zero-order valence-electron chi connectivity index (χ0n) is 15.9. The number of hydroxylamine groups is 1. The van der Waals surface area contributed by atoms with Crippen LogP contribution in [-0.4, -0.2) is 37.9 Å². The summed E-state index contributed by atoms with van der Waals surface area (Å²) in [5.74, 6) is 0.382. The molecule has 0 aliphatic carbocycles. The molecule has 1 amide bonds. The molecule has 3 rings (SSSR count). The van der Waals surface area contributed by atoms with Crippen LogP contribution in [0.5, 0.6) is 11.5 Å². The molecular formula is C20H23ClN2O5S. The van der Waals surface area contributed by atoms with E-state index in [0.717, 1.165) is 0 Å². The molecule has 0 aromatic heterocycles. The fourth-order valence-electron chi connectivity index (χ4n) is 3.64. The summed E-state index contributed by atoms with van der Waals surface area (Å²) in [5.41, 5.74) is 0.463. The van der Waals surface area contributed by atoms with E-state index in [9.17, 15) is 18.4 Å². The summed E-state index contributed by atoms with van der Waals surface area (Å²) in [6.07, 6.45) is 0.634. The topological polar surface area (TPSA) is 105 Å². The van der Waals surface area contributed by atoms with Crippen molar-refractivity contribution in [2.75, 3.05) is 13.1 Å². The average molecular weight is 439 g/mol. The van der Waals surface area contributed by atoms with E-state index in [2.05, 4.69) is 5.32 Å². The number of rotatable bonds is 6. The largest absolute Gasteiger partial charge is 0.457 e. The van der Waals surface area contributed by atoms with Gasteiger partial charge in [-0.15, -0.1) is 0 Å². The Kier molecular flexibility index (Phi) is 6.48. The number of halogens is 1. The molecule has 1 aliphatic rings. The molecule has 0 spiro atoms. The molecule has 0 saturated carbocycles. The van der Waals surface area contributed by atoms with Crippen LogP contribution in [0, 0.1) is 5.41 Å². The standard InChI is InChI=1S/C20H23ClN2O5S/c1-14(20(19(24)23-25)10-12-22-13-11-20)29(26,27)18-8-6-17(7-9-18)28-16-4-2-15(21)3-5-16/h2-9,14,22,25H,10-13H2,1H3,(H,23,24). The van der Waals surface area contributed by atoms with E-state index in [1.165, 1.54) is 19.1 Å². The number of piperidine rings is 1. The highest BCUT2D eigenvalue weighted by Gasteiger charge is 2.50. The monoisotopic (exact) mass is 438 g/mol. The summed E-state index contributed by atoms with van der Waals surface area (Å²) < 4.78 is 32.1. The number of carbonyl (C=O) groups is 1. The van der Waals surface area contributed by atoms with Gasteiger partial charge in [-0.3, -0.25) is 10.0 Å². The minimum atomic E-state index is -3.82. The predicted molar refractivity (Wildman–Crippen MR) is 109 cm³/mol. The summed E-state index contributed by atoms with van der Waals surface area (Å²) in [5, 5.41) is 11.9. The van der Waals surface area contributed by atoms with Gasteiger partial charge in [0.05, 0.1) is 15.6 Å². The second kappa shape index (κ2) is 8.71. The normalized spacial score (nSPS) is 17.3. The first-order valence-corrected chi connectivity index (χ1v) is 11.1. The molecule has 9 heteroatoms. The second-order valence-corrected chi connectivity index (χ2v) is 9.77. The molecule has 2 aromatic rings. The molecule has 1 fully saturated rings. The Hall–Kier alpha value is -2.13. The Labute approximate surface area is 174 Å². The molecule has 2 aromatic carbocycles. The third-order valence-electron chi connectivity index (χ3n) is 5.49. The molecule has 3 N–H and O–H groups in total. The van der Waals surface area contributed by atoms with Gasteiger partial charge in [0.25, 0.3) is 5.91 Å². The van der Waals surface area contributed by atoms with E-state index in [0.29, 0.717) is 42.5 Å². The van der Waals surface area contributed by atoms with Crippen LogP contribution in [-0.2, 0) is 14.6 Å². The van der Waals surface area contributed by atoms with Crippen molar-refractivity contribution in [3.63, 3.8) is 0 Å². The first kappa shape index (κ1) is 21.6. The second-order valence-electron chi connectivity index (χ2n) is 7.06. The van der Waals surface area contributed by atoms with Crippen molar-refractivity contribution in [2.24, 2.45) is 5.41 Å². The molecule has 1 atom stereocenters. The zero-order valence-corrected chi connectivity index (χ0v) is 17.5. The van der Waals surface area contributed by atoms with E-state index in [-0.39, 0.29) is 4.90 Å². The van der Waals surface area contributed by atoms with Gasteiger partial charge in [0, 0.05) is 5.02 Å².